The van der Waals surface area contributed by atoms with Crippen LogP contribution in [-0.4, -0.2) is 16.4 Å². The molecule has 0 aliphatic carbocycles. The number of fused-ring (bicyclic) bond motifs is 1. The average Bonchev–Trinajstić information content (AvgIpc) is 2.41. The molecule has 0 saturated carbocycles. The third kappa shape index (κ3) is 5.18. The lowest BCUT2D eigenvalue weighted by molar-refractivity contribution is -0.122. The molecule has 1 aromatic carbocycles. The van der Waals surface area contributed by atoms with Crippen molar-refractivity contribution in [1.82, 2.24) is 10.3 Å². The monoisotopic (exact) mass is 284 g/mol. The van der Waals surface area contributed by atoms with Gasteiger partial charge in [-0.05, 0) is 63.8 Å². The van der Waals surface area contributed by atoms with Gasteiger partial charge in [-0.15, -0.1) is 0 Å². The summed E-state index contributed by atoms with van der Waals surface area (Å²) in [5.74, 6) is 0.144. The van der Waals surface area contributed by atoms with Gasteiger partial charge in [-0.2, -0.15) is 0 Å². The first-order chi connectivity index (χ1) is 9.94. The lowest BCUT2D eigenvalue weighted by Crippen LogP contribution is -2.40. The van der Waals surface area contributed by atoms with Gasteiger partial charge in [0.25, 0.3) is 0 Å². The van der Waals surface area contributed by atoms with Crippen LogP contribution in [-0.2, 0) is 11.2 Å². The molecule has 3 heteroatoms. The fourth-order valence-electron chi connectivity index (χ4n) is 2.38. The lowest BCUT2D eigenvalue weighted by atomic mass is 10.0. The molecule has 1 heterocycles. The molecule has 0 saturated heterocycles. The summed E-state index contributed by atoms with van der Waals surface area (Å²) in [7, 11) is 0. The number of pyridine rings is 1. The predicted octanol–water partition coefficient (Wildman–Crippen LogP) is 3.86. The van der Waals surface area contributed by atoms with Crippen LogP contribution in [0.4, 0.5) is 0 Å². The second kappa shape index (κ2) is 6.70. The van der Waals surface area contributed by atoms with E-state index in [1.807, 2.05) is 33.0 Å². The molecule has 0 aliphatic heterocycles. The summed E-state index contributed by atoms with van der Waals surface area (Å²) in [6.07, 6.45) is 5.38. The van der Waals surface area contributed by atoms with Gasteiger partial charge in [-0.1, -0.05) is 12.1 Å². The molecular weight excluding hydrogens is 260 g/mol. The highest BCUT2D eigenvalue weighted by atomic mass is 16.1. The summed E-state index contributed by atoms with van der Waals surface area (Å²) >= 11 is 0. The highest BCUT2D eigenvalue weighted by molar-refractivity contribution is 5.79. The van der Waals surface area contributed by atoms with Gasteiger partial charge in [0.05, 0.1) is 5.52 Å². The zero-order chi connectivity index (χ0) is 15.3. The van der Waals surface area contributed by atoms with E-state index in [-0.39, 0.29) is 11.4 Å². The van der Waals surface area contributed by atoms with Crippen LogP contribution in [0.1, 0.15) is 45.6 Å². The van der Waals surface area contributed by atoms with E-state index in [9.17, 15) is 4.79 Å². The Morgan fingerprint density at radius 2 is 2.00 bits per heavy atom. The number of amides is 1. The van der Waals surface area contributed by atoms with Gasteiger partial charge in [0, 0.05) is 23.5 Å². The molecule has 1 N–H and O–H groups in total. The first-order valence-electron chi connectivity index (χ1n) is 7.59. The molecule has 0 aliphatic rings. The largest absolute Gasteiger partial charge is 0.352 e. The Hall–Kier alpha value is -1.90. The topological polar surface area (TPSA) is 42.0 Å². The van der Waals surface area contributed by atoms with Crippen LogP contribution in [0.2, 0.25) is 0 Å². The number of nitrogens with zero attached hydrogens (tertiary/aromatic N) is 1. The highest BCUT2D eigenvalue weighted by Crippen LogP contribution is 2.15. The Morgan fingerprint density at radius 1 is 1.19 bits per heavy atom. The van der Waals surface area contributed by atoms with Crippen LogP contribution in [0.5, 0.6) is 0 Å². The fraction of sp³-hybridized carbons (Fsp3) is 0.444. The van der Waals surface area contributed by atoms with Crippen LogP contribution in [0, 0.1) is 0 Å². The SMILES string of the molecule is CC(C)(C)NC(=O)CCCCc1ccc2ncccc2c1. The van der Waals surface area contributed by atoms with Crippen LogP contribution < -0.4 is 5.32 Å². The van der Waals surface area contributed by atoms with Gasteiger partial charge in [-0.3, -0.25) is 9.78 Å². The van der Waals surface area contributed by atoms with E-state index in [0.29, 0.717) is 6.42 Å². The number of carbonyl (C=O) groups excluding carboxylic acids is 1. The number of carbonyl (C=O) groups is 1. The van der Waals surface area contributed by atoms with Gasteiger partial charge in [0.1, 0.15) is 0 Å². The van der Waals surface area contributed by atoms with Gasteiger partial charge in [-0.25, -0.2) is 0 Å². The Labute approximate surface area is 126 Å². The molecule has 0 spiro atoms. The van der Waals surface area contributed by atoms with Crippen molar-refractivity contribution in [2.45, 2.75) is 52.0 Å². The zero-order valence-corrected chi connectivity index (χ0v) is 13.1. The number of hydrogen-bond donors (Lipinski definition) is 1. The summed E-state index contributed by atoms with van der Waals surface area (Å²) in [5.41, 5.74) is 2.21. The van der Waals surface area contributed by atoms with Crippen molar-refractivity contribution in [2.75, 3.05) is 0 Å². The maximum absolute atomic E-state index is 11.7. The zero-order valence-electron chi connectivity index (χ0n) is 13.1. The van der Waals surface area contributed by atoms with Gasteiger partial charge < -0.3 is 5.32 Å². The van der Waals surface area contributed by atoms with E-state index in [1.165, 1.54) is 10.9 Å². The first-order valence-corrected chi connectivity index (χ1v) is 7.59. The van der Waals surface area contributed by atoms with Crippen molar-refractivity contribution < 1.29 is 4.79 Å². The molecule has 3 nitrogen and oxygen atoms in total. The Bertz CT molecular complexity index is 614. The summed E-state index contributed by atoms with van der Waals surface area (Å²) in [4.78, 5) is 16.0. The molecule has 0 fully saturated rings. The highest BCUT2D eigenvalue weighted by Gasteiger charge is 2.12. The van der Waals surface area contributed by atoms with Crippen molar-refractivity contribution >= 4 is 16.8 Å². The van der Waals surface area contributed by atoms with E-state index < -0.39 is 0 Å². The fourth-order valence-corrected chi connectivity index (χ4v) is 2.38. The summed E-state index contributed by atoms with van der Waals surface area (Å²) in [6, 6.07) is 10.4. The molecule has 0 atom stereocenters. The molecule has 0 bridgehead atoms. The molecule has 0 unspecified atom stereocenters. The molecule has 2 aromatic rings. The smallest absolute Gasteiger partial charge is 0.220 e. The average molecular weight is 284 g/mol. The number of benzene rings is 1. The number of rotatable bonds is 5. The van der Waals surface area contributed by atoms with E-state index in [0.717, 1.165) is 24.8 Å². The summed E-state index contributed by atoms with van der Waals surface area (Å²) in [6.45, 7) is 6.02. The van der Waals surface area contributed by atoms with Crippen molar-refractivity contribution in [1.29, 1.82) is 0 Å². The Balaban J connectivity index is 1.79. The van der Waals surface area contributed by atoms with Crippen LogP contribution >= 0.6 is 0 Å². The normalized spacial score (nSPS) is 11.6. The minimum atomic E-state index is -0.136. The van der Waals surface area contributed by atoms with Crippen molar-refractivity contribution in [3.63, 3.8) is 0 Å². The van der Waals surface area contributed by atoms with E-state index in [2.05, 4.69) is 34.6 Å². The molecule has 1 aromatic heterocycles. The van der Waals surface area contributed by atoms with E-state index in [4.69, 9.17) is 0 Å². The molecule has 1 amide bonds. The quantitative estimate of drug-likeness (QED) is 0.847. The number of unbranched alkanes of at least 4 members (excludes halogenated alkanes) is 1. The van der Waals surface area contributed by atoms with Crippen molar-refractivity contribution in [3.05, 3.63) is 42.1 Å². The minimum absolute atomic E-state index is 0.136. The van der Waals surface area contributed by atoms with Crippen LogP contribution in [0.25, 0.3) is 10.9 Å². The standard InChI is InChI=1S/C18H24N2O/c1-18(2,3)20-17(21)9-5-4-7-14-10-11-16-15(13-14)8-6-12-19-16/h6,8,10-13H,4-5,7,9H2,1-3H3,(H,20,21). The number of aromatic nitrogens is 1. The maximum atomic E-state index is 11.7. The minimum Gasteiger partial charge on any atom is -0.352 e. The number of nitrogens with one attached hydrogen (secondary N) is 1. The third-order valence-corrected chi connectivity index (χ3v) is 3.30. The van der Waals surface area contributed by atoms with Crippen molar-refractivity contribution in [2.24, 2.45) is 0 Å². The van der Waals surface area contributed by atoms with E-state index >= 15 is 0 Å². The Kier molecular flexibility index (Phi) is 4.94. The molecule has 2 rings (SSSR count). The number of aryl methyl sites for hydroxylation is 1. The second-order valence-corrected chi connectivity index (χ2v) is 6.54. The van der Waals surface area contributed by atoms with E-state index in [1.54, 1.807) is 0 Å². The molecular formula is C18H24N2O. The molecule has 112 valence electrons. The summed E-state index contributed by atoms with van der Waals surface area (Å²) < 4.78 is 0. The maximum Gasteiger partial charge on any atom is 0.220 e. The predicted molar refractivity (Wildman–Crippen MR) is 87.2 cm³/mol. The lowest BCUT2D eigenvalue weighted by Gasteiger charge is -2.20. The molecule has 0 radical (unpaired) electrons. The van der Waals surface area contributed by atoms with Crippen LogP contribution in [0.3, 0.4) is 0 Å². The Morgan fingerprint density at radius 3 is 2.76 bits per heavy atom. The van der Waals surface area contributed by atoms with Crippen molar-refractivity contribution in [3.8, 4) is 0 Å². The van der Waals surface area contributed by atoms with Gasteiger partial charge in [0.15, 0.2) is 0 Å². The second-order valence-electron chi connectivity index (χ2n) is 6.54. The van der Waals surface area contributed by atoms with Crippen LogP contribution in [0.15, 0.2) is 36.5 Å². The third-order valence-electron chi connectivity index (χ3n) is 3.30. The molecule has 21 heavy (non-hydrogen) atoms. The first kappa shape index (κ1) is 15.5. The van der Waals surface area contributed by atoms with Gasteiger partial charge >= 0.3 is 0 Å². The summed E-state index contributed by atoms with van der Waals surface area (Å²) in [5, 5.41) is 4.18. The van der Waals surface area contributed by atoms with Gasteiger partial charge in [0.2, 0.25) is 5.91 Å². The number of hydrogen-bond acceptors (Lipinski definition) is 2.